The van der Waals surface area contributed by atoms with Gasteiger partial charge < -0.3 is 21.3 Å². The molecule has 0 amide bonds. The van der Waals surface area contributed by atoms with Gasteiger partial charge in [0.15, 0.2) is 0 Å². The molecule has 5 N–H and O–H groups in total. The Balaban J connectivity index is 2.89. The Morgan fingerprint density at radius 3 is 2.47 bits per heavy atom. The minimum atomic E-state index is -0.859. The molecule has 0 aromatic heterocycles. The summed E-state index contributed by atoms with van der Waals surface area (Å²) in [6.07, 6.45) is -1.10. The van der Waals surface area contributed by atoms with Crippen LogP contribution in [0.15, 0.2) is 12.1 Å². The van der Waals surface area contributed by atoms with E-state index in [9.17, 15) is 10.2 Å². The van der Waals surface area contributed by atoms with Gasteiger partial charge in [-0.15, -0.1) is 0 Å². The van der Waals surface area contributed by atoms with Crippen LogP contribution in [0.3, 0.4) is 0 Å². The fraction of sp³-hybridized carbons (Fsp3) is 0.538. The summed E-state index contributed by atoms with van der Waals surface area (Å²) in [5.74, 6) is 0. The molecular weight excluding hydrogens is 216 g/mol. The second-order valence-electron chi connectivity index (χ2n) is 4.40. The summed E-state index contributed by atoms with van der Waals surface area (Å²) < 4.78 is 0. The van der Waals surface area contributed by atoms with Crippen molar-refractivity contribution in [2.75, 3.05) is 19.3 Å². The standard InChI is InChI=1S/C13H22N2O2/c1-8-9(2)11(14)5-4-10(8)13(17)12(16)6-7-15-3/h4-5,12-13,15-17H,6-7,14H2,1-3H3. The molecule has 1 aromatic carbocycles. The highest BCUT2D eigenvalue weighted by Crippen LogP contribution is 2.27. The van der Waals surface area contributed by atoms with Gasteiger partial charge in [-0.1, -0.05) is 6.07 Å². The third-order valence-electron chi connectivity index (χ3n) is 3.24. The highest BCUT2D eigenvalue weighted by atomic mass is 16.3. The lowest BCUT2D eigenvalue weighted by Crippen LogP contribution is -2.24. The zero-order valence-corrected chi connectivity index (χ0v) is 10.7. The predicted molar refractivity (Wildman–Crippen MR) is 69.8 cm³/mol. The number of aliphatic hydroxyl groups excluding tert-OH is 2. The van der Waals surface area contributed by atoms with Gasteiger partial charge in [0.2, 0.25) is 0 Å². The Labute approximate surface area is 102 Å². The monoisotopic (exact) mass is 238 g/mol. The van der Waals surface area contributed by atoms with Crippen molar-refractivity contribution in [1.82, 2.24) is 5.32 Å². The van der Waals surface area contributed by atoms with Crippen LogP contribution in [0.5, 0.6) is 0 Å². The Kier molecular flexibility index (Phi) is 4.93. The summed E-state index contributed by atoms with van der Waals surface area (Å²) in [6.45, 7) is 4.50. The van der Waals surface area contributed by atoms with Crippen molar-refractivity contribution in [3.8, 4) is 0 Å². The molecule has 0 bridgehead atoms. The summed E-state index contributed by atoms with van der Waals surface area (Å²) in [7, 11) is 1.82. The fourth-order valence-electron chi connectivity index (χ4n) is 1.84. The van der Waals surface area contributed by atoms with E-state index < -0.39 is 12.2 Å². The van der Waals surface area contributed by atoms with E-state index in [1.807, 2.05) is 20.9 Å². The van der Waals surface area contributed by atoms with Gasteiger partial charge in [0.25, 0.3) is 0 Å². The molecule has 1 aromatic rings. The van der Waals surface area contributed by atoms with Crippen LogP contribution in [0.1, 0.15) is 29.2 Å². The number of anilines is 1. The lowest BCUT2D eigenvalue weighted by Gasteiger charge is -2.21. The molecule has 0 saturated heterocycles. The number of nitrogens with two attached hydrogens (primary N) is 1. The van der Waals surface area contributed by atoms with Crippen LogP contribution in [-0.4, -0.2) is 29.9 Å². The predicted octanol–water partition coefficient (Wildman–Crippen LogP) is 0.889. The Bertz CT molecular complexity index is 380. The van der Waals surface area contributed by atoms with Crippen molar-refractivity contribution in [1.29, 1.82) is 0 Å². The zero-order chi connectivity index (χ0) is 13.0. The maximum Gasteiger partial charge on any atom is 0.105 e. The van der Waals surface area contributed by atoms with Gasteiger partial charge in [-0.2, -0.15) is 0 Å². The van der Waals surface area contributed by atoms with Gasteiger partial charge in [0.05, 0.1) is 6.10 Å². The van der Waals surface area contributed by atoms with Crippen LogP contribution in [-0.2, 0) is 0 Å². The minimum Gasteiger partial charge on any atom is -0.399 e. The van der Waals surface area contributed by atoms with Crippen LogP contribution in [0, 0.1) is 13.8 Å². The first kappa shape index (κ1) is 14.0. The SMILES string of the molecule is CNCCC(O)C(O)c1ccc(N)c(C)c1C. The normalized spacial score (nSPS) is 14.6. The zero-order valence-electron chi connectivity index (χ0n) is 10.7. The molecule has 96 valence electrons. The van der Waals surface area contributed by atoms with Crippen LogP contribution in [0.25, 0.3) is 0 Å². The van der Waals surface area contributed by atoms with E-state index in [-0.39, 0.29) is 0 Å². The molecule has 1 rings (SSSR count). The van der Waals surface area contributed by atoms with E-state index >= 15 is 0 Å². The molecule has 0 fully saturated rings. The van der Waals surface area contributed by atoms with Gasteiger partial charge in [-0.25, -0.2) is 0 Å². The Hall–Kier alpha value is -1.10. The molecule has 0 aliphatic carbocycles. The maximum atomic E-state index is 10.1. The van der Waals surface area contributed by atoms with Crippen molar-refractivity contribution >= 4 is 5.69 Å². The summed E-state index contributed by atoms with van der Waals surface area (Å²) in [6, 6.07) is 3.55. The number of aliphatic hydroxyl groups is 2. The number of rotatable bonds is 5. The van der Waals surface area contributed by atoms with Crippen LogP contribution < -0.4 is 11.1 Å². The van der Waals surface area contributed by atoms with E-state index in [4.69, 9.17) is 5.73 Å². The second-order valence-corrected chi connectivity index (χ2v) is 4.40. The first-order chi connectivity index (χ1) is 7.99. The number of nitrogen functional groups attached to an aromatic ring is 1. The quantitative estimate of drug-likeness (QED) is 0.574. The summed E-state index contributed by atoms with van der Waals surface area (Å²) >= 11 is 0. The highest BCUT2D eigenvalue weighted by Gasteiger charge is 2.20. The van der Waals surface area contributed by atoms with Crippen LogP contribution in [0.2, 0.25) is 0 Å². The molecule has 17 heavy (non-hydrogen) atoms. The molecule has 0 radical (unpaired) electrons. The number of benzene rings is 1. The van der Waals surface area contributed by atoms with Crippen molar-refractivity contribution in [3.63, 3.8) is 0 Å². The van der Waals surface area contributed by atoms with Gasteiger partial charge in [-0.05, 0) is 56.6 Å². The molecular formula is C13H22N2O2. The van der Waals surface area contributed by atoms with E-state index in [2.05, 4.69) is 5.32 Å². The molecule has 0 aliphatic heterocycles. The first-order valence-electron chi connectivity index (χ1n) is 5.85. The third-order valence-corrected chi connectivity index (χ3v) is 3.24. The lowest BCUT2D eigenvalue weighted by molar-refractivity contribution is 0.0136. The van der Waals surface area contributed by atoms with Crippen LogP contribution in [0.4, 0.5) is 5.69 Å². The number of nitrogens with one attached hydrogen (secondary N) is 1. The molecule has 0 saturated carbocycles. The second kappa shape index (κ2) is 6.00. The smallest absolute Gasteiger partial charge is 0.105 e. The van der Waals surface area contributed by atoms with Gasteiger partial charge >= 0.3 is 0 Å². The van der Waals surface area contributed by atoms with Gasteiger partial charge in [-0.3, -0.25) is 0 Å². The van der Waals surface area contributed by atoms with Crippen molar-refractivity contribution in [2.24, 2.45) is 0 Å². The van der Waals surface area contributed by atoms with E-state index in [0.29, 0.717) is 18.7 Å². The minimum absolute atomic E-state index is 0.514. The fourth-order valence-corrected chi connectivity index (χ4v) is 1.84. The molecule has 4 nitrogen and oxygen atoms in total. The van der Waals surface area contributed by atoms with E-state index in [1.54, 1.807) is 12.1 Å². The molecule has 4 heteroatoms. The van der Waals surface area contributed by atoms with E-state index in [0.717, 1.165) is 16.7 Å². The highest BCUT2D eigenvalue weighted by molar-refractivity contribution is 5.53. The van der Waals surface area contributed by atoms with Gasteiger partial charge in [0, 0.05) is 5.69 Å². The third kappa shape index (κ3) is 3.19. The Morgan fingerprint density at radius 1 is 1.24 bits per heavy atom. The first-order valence-corrected chi connectivity index (χ1v) is 5.85. The number of hydrogen-bond donors (Lipinski definition) is 4. The number of hydrogen-bond acceptors (Lipinski definition) is 4. The lowest BCUT2D eigenvalue weighted by atomic mass is 9.94. The summed E-state index contributed by atoms with van der Waals surface area (Å²) in [5, 5.41) is 22.9. The molecule has 0 spiro atoms. The topological polar surface area (TPSA) is 78.5 Å². The van der Waals surface area contributed by atoms with Gasteiger partial charge in [0.1, 0.15) is 6.10 Å². The molecule has 2 atom stereocenters. The van der Waals surface area contributed by atoms with Crippen molar-refractivity contribution in [3.05, 3.63) is 28.8 Å². The van der Waals surface area contributed by atoms with Crippen molar-refractivity contribution in [2.45, 2.75) is 32.5 Å². The van der Waals surface area contributed by atoms with Crippen molar-refractivity contribution < 1.29 is 10.2 Å². The average molecular weight is 238 g/mol. The average Bonchev–Trinajstić information content (AvgIpc) is 2.32. The Morgan fingerprint density at radius 2 is 1.88 bits per heavy atom. The van der Waals surface area contributed by atoms with E-state index in [1.165, 1.54) is 0 Å². The summed E-state index contributed by atoms with van der Waals surface area (Å²) in [4.78, 5) is 0. The summed E-state index contributed by atoms with van der Waals surface area (Å²) in [5.41, 5.74) is 9.16. The maximum absolute atomic E-state index is 10.1. The molecule has 0 aliphatic rings. The van der Waals surface area contributed by atoms with Crippen LogP contribution >= 0.6 is 0 Å². The molecule has 2 unspecified atom stereocenters. The molecule has 0 heterocycles. The largest absolute Gasteiger partial charge is 0.399 e.